The van der Waals surface area contributed by atoms with Crippen molar-refractivity contribution in [3.8, 4) is 0 Å². The summed E-state index contributed by atoms with van der Waals surface area (Å²) < 4.78 is 0. The van der Waals surface area contributed by atoms with Crippen LogP contribution >= 0.6 is 0 Å². The Hall–Kier alpha value is -1.26. The predicted molar refractivity (Wildman–Crippen MR) is 64.0 cm³/mol. The number of rotatable bonds is 4. The second-order valence-corrected chi connectivity index (χ2v) is 4.59. The molecule has 5 N–H and O–H groups in total. The first-order chi connectivity index (χ1) is 7.59. The van der Waals surface area contributed by atoms with E-state index in [9.17, 15) is 4.79 Å². The highest BCUT2D eigenvalue weighted by Gasteiger charge is 2.23. The summed E-state index contributed by atoms with van der Waals surface area (Å²) in [4.78, 5) is 11.7. The average molecular weight is 226 g/mol. The van der Waals surface area contributed by atoms with Gasteiger partial charge in [-0.3, -0.25) is 10.2 Å². The van der Waals surface area contributed by atoms with E-state index in [0.717, 1.165) is 31.6 Å². The minimum absolute atomic E-state index is 0.0549. The first kappa shape index (κ1) is 12.8. The van der Waals surface area contributed by atoms with Crippen LogP contribution in [0.3, 0.4) is 0 Å². The third kappa shape index (κ3) is 4.51. The molecular weight excluding hydrogens is 204 g/mol. The van der Waals surface area contributed by atoms with E-state index in [4.69, 9.17) is 11.1 Å². The highest BCUT2D eigenvalue weighted by molar-refractivity contribution is 5.78. The van der Waals surface area contributed by atoms with Gasteiger partial charge in [0.05, 0.1) is 0 Å². The molecule has 1 aliphatic rings. The van der Waals surface area contributed by atoms with E-state index in [0.29, 0.717) is 13.1 Å². The van der Waals surface area contributed by atoms with Crippen molar-refractivity contribution in [3.63, 3.8) is 0 Å². The number of carbonyl (C=O) groups is 1. The maximum atomic E-state index is 11.7. The summed E-state index contributed by atoms with van der Waals surface area (Å²) in [6, 6.07) is 0. The molecule has 1 fully saturated rings. The molecule has 1 rings (SSSR count). The summed E-state index contributed by atoms with van der Waals surface area (Å²) in [5.41, 5.74) is 5.13. The highest BCUT2D eigenvalue weighted by atomic mass is 16.1. The molecule has 16 heavy (non-hydrogen) atoms. The number of nitrogens with one attached hydrogen (secondary N) is 3. The second kappa shape index (κ2) is 6.35. The van der Waals surface area contributed by atoms with E-state index in [1.54, 1.807) is 0 Å². The maximum absolute atomic E-state index is 11.7. The number of hydrogen-bond acceptors (Lipinski definition) is 2. The average Bonchev–Trinajstić information content (AvgIpc) is 2.25. The molecular formula is C11H22N4O. The van der Waals surface area contributed by atoms with Crippen LogP contribution in [0.2, 0.25) is 0 Å². The zero-order valence-corrected chi connectivity index (χ0v) is 9.88. The largest absolute Gasteiger partial charge is 0.370 e. The monoisotopic (exact) mass is 226 g/mol. The maximum Gasteiger partial charge on any atom is 0.223 e. The summed E-state index contributed by atoms with van der Waals surface area (Å²) in [6.45, 7) is 3.29. The van der Waals surface area contributed by atoms with Gasteiger partial charge in [-0.15, -0.1) is 0 Å². The van der Waals surface area contributed by atoms with Gasteiger partial charge in [-0.2, -0.15) is 0 Å². The van der Waals surface area contributed by atoms with Gasteiger partial charge >= 0.3 is 0 Å². The molecule has 5 nitrogen and oxygen atoms in total. The van der Waals surface area contributed by atoms with Crippen LogP contribution < -0.4 is 16.4 Å². The lowest BCUT2D eigenvalue weighted by molar-refractivity contribution is -0.126. The lowest BCUT2D eigenvalue weighted by Crippen LogP contribution is -2.40. The van der Waals surface area contributed by atoms with Crippen LogP contribution in [0.4, 0.5) is 0 Å². The molecule has 1 saturated carbocycles. The van der Waals surface area contributed by atoms with Gasteiger partial charge in [0, 0.05) is 19.0 Å². The molecule has 0 aliphatic heterocycles. The Bertz CT molecular complexity index is 246. The van der Waals surface area contributed by atoms with Crippen LogP contribution in [0.5, 0.6) is 0 Å². The van der Waals surface area contributed by atoms with Crippen molar-refractivity contribution < 1.29 is 4.79 Å². The number of amides is 1. The SMILES string of the molecule is CC1CCC(C(=O)NCCNC(=N)N)CC1. The third-order valence-corrected chi connectivity index (χ3v) is 3.13. The summed E-state index contributed by atoms with van der Waals surface area (Å²) >= 11 is 0. The molecule has 0 unspecified atom stereocenters. The number of nitrogens with two attached hydrogens (primary N) is 1. The Balaban J connectivity index is 2.12. The Labute approximate surface area is 96.7 Å². The van der Waals surface area contributed by atoms with Crippen LogP contribution in [-0.2, 0) is 4.79 Å². The van der Waals surface area contributed by atoms with Gasteiger partial charge in [0.15, 0.2) is 5.96 Å². The van der Waals surface area contributed by atoms with E-state index in [1.165, 1.54) is 0 Å². The first-order valence-electron chi connectivity index (χ1n) is 5.95. The normalized spacial score (nSPS) is 24.8. The zero-order chi connectivity index (χ0) is 12.0. The van der Waals surface area contributed by atoms with Gasteiger partial charge in [0.1, 0.15) is 0 Å². The first-order valence-corrected chi connectivity index (χ1v) is 5.95. The van der Waals surface area contributed by atoms with Gasteiger partial charge in [-0.25, -0.2) is 0 Å². The van der Waals surface area contributed by atoms with Crippen LogP contribution in [0.25, 0.3) is 0 Å². The van der Waals surface area contributed by atoms with E-state index >= 15 is 0 Å². The molecule has 1 amide bonds. The van der Waals surface area contributed by atoms with Gasteiger partial charge in [-0.05, 0) is 31.6 Å². The summed E-state index contributed by atoms with van der Waals surface area (Å²) in [6.07, 6.45) is 4.33. The molecule has 0 atom stereocenters. The Morgan fingerprint density at radius 2 is 1.81 bits per heavy atom. The van der Waals surface area contributed by atoms with E-state index in [-0.39, 0.29) is 17.8 Å². The van der Waals surface area contributed by atoms with Crippen molar-refractivity contribution in [1.29, 1.82) is 5.41 Å². The zero-order valence-electron chi connectivity index (χ0n) is 9.88. The Kier molecular flexibility index (Phi) is 5.08. The molecule has 0 spiro atoms. The summed E-state index contributed by atoms with van der Waals surface area (Å²) in [5.74, 6) is 1.05. The molecule has 0 bridgehead atoms. The lowest BCUT2D eigenvalue weighted by Gasteiger charge is -2.25. The quantitative estimate of drug-likeness (QED) is 0.318. The molecule has 0 aromatic heterocycles. The highest BCUT2D eigenvalue weighted by Crippen LogP contribution is 2.28. The van der Waals surface area contributed by atoms with Crippen molar-refractivity contribution in [3.05, 3.63) is 0 Å². The fraction of sp³-hybridized carbons (Fsp3) is 0.818. The van der Waals surface area contributed by atoms with Crippen molar-refractivity contribution in [2.45, 2.75) is 32.6 Å². The predicted octanol–water partition coefficient (Wildman–Crippen LogP) is 0.412. The van der Waals surface area contributed by atoms with Crippen LogP contribution in [0.15, 0.2) is 0 Å². The fourth-order valence-corrected chi connectivity index (χ4v) is 2.05. The van der Waals surface area contributed by atoms with Crippen LogP contribution in [0, 0.1) is 17.2 Å². The van der Waals surface area contributed by atoms with Gasteiger partial charge in [0.2, 0.25) is 5.91 Å². The van der Waals surface area contributed by atoms with E-state index < -0.39 is 0 Å². The Morgan fingerprint density at radius 1 is 1.25 bits per heavy atom. The Morgan fingerprint density at radius 3 is 2.38 bits per heavy atom. The number of guanidine groups is 1. The summed E-state index contributed by atoms with van der Waals surface area (Å²) in [5, 5.41) is 12.5. The molecule has 0 saturated heterocycles. The smallest absolute Gasteiger partial charge is 0.223 e. The molecule has 92 valence electrons. The molecule has 0 aromatic rings. The van der Waals surface area contributed by atoms with Crippen molar-refractivity contribution >= 4 is 11.9 Å². The summed E-state index contributed by atoms with van der Waals surface area (Å²) in [7, 11) is 0. The fourth-order valence-electron chi connectivity index (χ4n) is 2.05. The molecule has 0 aromatic carbocycles. The molecule has 1 aliphatic carbocycles. The van der Waals surface area contributed by atoms with Gasteiger partial charge < -0.3 is 16.4 Å². The lowest BCUT2D eigenvalue weighted by atomic mass is 9.82. The molecule has 0 radical (unpaired) electrons. The minimum atomic E-state index is -0.0549. The number of carbonyl (C=O) groups excluding carboxylic acids is 1. The van der Waals surface area contributed by atoms with Gasteiger partial charge in [-0.1, -0.05) is 6.92 Å². The van der Waals surface area contributed by atoms with Crippen molar-refractivity contribution in [2.24, 2.45) is 17.6 Å². The topological polar surface area (TPSA) is 91.0 Å². The van der Waals surface area contributed by atoms with Crippen LogP contribution in [0.1, 0.15) is 32.6 Å². The molecule has 5 heteroatoms. The van der Waals surface area contributed by atoms with Crippen molar-refractivity contribution in [2.75, 3.05) is 13.1 Å². The van der Waals surface area contributed by atoms with E-state index in [1.807, 2.05) is 0 Å². The van der Waals surface area contributed by atoms with Gasteiger partial charge in [0.25, 0.3) is 0 Å². The third-order valence-electron chi connectivity index (χ3n) is 3.13. The van der Waals surface area contributed by atoms with Crippen LogP contribution in [-0.4, -0.2) is 25.0 Å². The standard InChI is InChI=1S/C11H22N4O/c1-8-2-4-9(5-3-8)10(16)14-6-7-15-11(12)13/h8-9H,2-7H2,1H3,(H,14,16)(H4,12,13,15). The molecule has 0 heterocycles. The minimum Gasteiger partial charge on any atom is -0.370 e. The van der Waals surface area contributed by atoms with E-state index in [2.05, 4.69) is 17.6 Å². The second-order valence-electron chi connectivity index (χ2n) is 4.59. The van der Waals surface area contributed by atoms with Crippen molar-refractivity contribution in [1.82, 2.24) is 10.6 Å². The number of hydrogen-bond donors (Lipinski definition) is 4.